The molecule has 37 heavy (non-hydrogen) atoms. The lowest BCUT2D eigenvalue weighted by Crippen LogP contribution is -2.32. The molecule has 0 aliphatic heterocycles. The van der Waals surface area contributed by atoms with E-state index < -0.39 is 22.7 Å². The first-order chi connectivity index (χ1) is 17.6. The number of benzene rings is 3. The number of nitro groups is 1. The number of ether oxygens (including phenoxy) is 2. The van der Waals surface area contributed by atoms with Crippen molar-refractivity contribution >= 4 is 35.7 Å². The zero-order chi connectivity index (χ0) is 26.8. The number of nitrogens with zero attached hydrogens (tertiary/aromatic N) is 1. The first kappa shape index (κ1) is 26.9. The molecule has 0 aliphatic rings. The number of nitro benzene ring substituents is 1. The number of hydrogen-bond donors (Lipinski definition) is 2. The number of hydrogen-bond acceptors (Lipinski definition) is 6. The Morgan fingerprint density at radius 2 is 1.65 bits per heavy atom. The van der Waals surface area contributed by atoms with Crippen molar-refractivity contribution in [3.63, 3.8) is 0 Å². The van der Waals surface area contributed by atoms with E-state index in [0.29, 0.717) is 16.8 Å². The van der Waals surface area contributed by atoms with Crippen molar-refractivity contribution in [2.75, 3.05) is 5.32 Å². The summed E-state index contributed by atoms with van der Waals surface area (Å²) >= 11 is 0. The third-order valence-electron chi connectivity index (χ3n) is 4.98. The van der Waals surface area contributed by atoms with E-state index in [1.807, 2.05) is 48.5 Å². The van der Waals surface area contributed by atoms with Gasteiger partial charge in [-0.3, -0.25) is 15.4 Å². The van der Waals surface area contributed by atoms with Gasteiger partial charge in [-0.15, -0.1) is 0 Å². The summed E-state index contributed by atoms with van der Waals surface area (Å²) in [6, 6.07) is 20.9. The number of rotatable bonds is 8. The highest BCUT2D eigenvalue weighted by atomic mass is 16.6. The second-order valence-electron chi connectivity index (χ2n) is 9.14. The van der Waals surface area contributed by atoms with Crippen LogP contribution in [0.25, 0.3) is 12.2 Å². The molecule has 2 N–H and O–H groups in total. The van der Waals surface area contributed by atoms with Gasteiger partial charge in [-0.1, -0.05) is 54.6 Å². The van der Waals surface area contributed by atoms with E-state index >= 15 is 0 Å². The lowest BCUT2D eigenvalue weighted by molar-refractivity contribution is -0.384. The summed E-state index contributed by atoms with van der Waals surface area (Å²) in [7, 11) is 0. The molecular formula is C28H29N3O6. The van der Waals surface area contributed by atoms with Crippen LogP contribution in [0.5, 0.6) is 0 Å². The molecule has 9 nitrogen and oxygen atoms in total. The number of carbonyl (C=O) groups excluding carboxylic acids is 2. The molecule has 0 fully saturated rings. The van der Waals surface area contributed by atoms with E-state index in [1.54, 1.807) is 45.0 Å². The van der Waals surface area contributed by atoms with Gasteiger partial charge in [-0.05, 0) is 61.2 Å². The molecule has 0 bridgehead atoms. The monoisotopic (exact) mass is 503 g/mol. The number of non-ortho nitro benzene ring substituents is 1. The number of nitrogens with one attached hydrogen (secondary N) is 2. The van der Waals surface area contributed by atoms with Gasteiger partial charge in [0.1, 0.15) is 12.2 Å². The van der Waals surface area contributed by atoms with Crippen LogP contribution in [0.15, 0.2) is 72.8 Å². The number of carbonyl (C=O) groups is 2. The molecule has 2 amide bonds. The third kappa shape index (κ3) is 9.14. The van der Waals surface area contributed by atoms with Crippen molar-refractivity contribution in [1.82, 2.24) is 5.32 Å². The molecule has 0 unspecified atom stereocenters. The van der Waals surface area contributed by atoms with Crippen LogP contribution in [0.3, 0.4) is 0 Å². The molecule has 192 valence electrons. The van der Waals surface area contributed by atoms with Gasteiger partial charge in [0.25, 0.3) is 5.69 Å². The fourth-order valence-electron chi connectivity index (χ4n) is 3.24. The summed E-state index contributed by atoms with van der Waals surface area (Å²) in [4.78, 5) is 34.8. The van der Waals surface area contributed by atoms with Gasteiger partial charge in [0.05, 0.1) is 4.92 Å². The summed E-state index contributed by atoms with van der Waals surface area (Å²) in [5.74, 6) is 0. The predicted molar refractivity (Wildman–Crippen MR) is 142 cm³/mol. The van der Waals surface area contributed by atoms with Gasteiger partial charge in [0.2, 0.25) is 0 Å². The van der Waals surface area contributed by atoms with E-state index in [1.165, 1.54) is 12.1 Å². The molecule has 0 saturated carbocycles. The van der Waals surface area contributed by atoms with E-state index in [2.05, 4.69) is 10.6 Å². The number of anilines is 1. The van der Waals surface area contributed by atoms with Crippen molar-refractivity contribution in [2.24, 2.45) is 0 Å². The zero-order valence-corrected chi connectivity index (χ0v) is 20.9. The Morgan fingerprint density at radius 3 is 2.30 bits per heavy atom. The lowest BCUT2D eigenvalue weighted by Gasteiger charge is -2.20. The molecule has 3 rings (SSSR count). The maximum atomic E-state index is 12.0. The highest BCUT2D eigenvalue weighted by molar-refractivity contribution is 5.85. The third-order valence-corrected chi connectivity index (χ3v) is 4.98. The van der Waals surface area contributed by atoms with Crippen molar-refractivity contribution in [3.8, 4) is 0 Å². The standard InChI is InChI=1S/C28H29N3O6/c1-28(2,3)37-26(32)29-18-23-17-25(31(34)35)16-13-22(23)12-9-20-10-14-24(15-11-20)30-27(33)36-19-21-7-5-4-6-8-21/h4-17H,18-19H2,1-3H3,(H,29,32)(H,30,33)/b12-9+. The van der Waals surface area contributed by atoms with Crippen LogP contribution in [0.2, 0.25) is 0 Å². The first-order valence-electron chi connectivity index (χ1n) is 11.6. The summed E-state index contributed by atoms with van der Waals surface area (Å²) in [6.07, 6.45) is 2.46. The fourth-order valence-corrected chi connectivity index (χ4v) is 3.24. The average Bonchev–Trinajstić information content (AvgIpc) is 2.85. The maximum Gasteiger partial charge on any atom is 0.411 e. The minimum atomic E-state index is -0.658. The molecule has 0 saturated heterocycles. The smallest absolute Gasteiger partial charge is 0.411 e. The minimum Gasteiger partial charge on any atom is -0.444 e. The van der Waals surface area contributed by atoms with Crippen LogP contribution in [0, 0.1) is 10.1 Å². The molecule has 0 atom stereocenters. The zero-order valence-electron chi connectivity index (χ0n) is 20.9. The number of alkyl carbamates (subject to hydrolysis) is 1. The van der Waals surface area contributed by atoms with Crippen LogP contribution in [0.1, 0.15) is 43.0 Å². The van der Waals surface area contributed by atoms with Gasteiger partial charge >= 0.3 is 12.2 Å². The van der Waals surface area contributed by atoms with Gasteiger partial charge < -0.3 is 14.8 Å². The summed E-state index contributed by atoms with van der Waals surface area (Å²) in [5.41, 5.74) is 2.84. The van der Waals surface area contributed by atoms with E-state index in [-0.39, 0.29) is 18.8 Å². The highest BCUT2D eigenvalue weighted by Crippen LogP contribution is 2.21. The molecule has 9 heteroatoms. The second-order valence-corrected chi connectivity index (χ2v) is 9.14. The first-order valence-corrected chi connectivity index (χ1v) is 11.6. The maximum absolute atomic E-state index is 12.0. The van der Waals surface area contributed by atoms with Crippen LogP contribution >= 0.6 is 0 Å². The Kier molecular flexibility index (Phi) is 8.99. The average molecular weight is 504 g/mol. The van der Waals surface area contributed by atoms with E-state index in [9.17, 15) is 19.7 Å². The molecule has 0 aliphatic carbocycles. The molecule has 0 heterocycles. The van der Waals surface area contributed by atoms with E-state index in [4.69, 9.17) is 9.47 Å². The summed E-state index contributed by atoms with van der Waals surface area (Å²) < 4.78 is 10.5. The Morgan fingerprint density at radius 1 is 0.946 bits per heavy atom. The largest absolute Gasteiger partial charge is 0.444 e. The minimum absolute atomic E-state index is 0.0597. The topological polar surface area (TPSA) is 120 Å². The van der Waals surface area contributed by atoms with Crippen molar-refractivity contribution < 1.29 is 24.0 Å². The molecule has 3 aromatic rings. The van der Waals surface area contributed by atoms with Crippen LogP contribution in [0.4, 0.5) is 21.0 Å². The molecular weight excluding hydrogens is 474 g/mol. The lowest BCUT2D eigenvalue weighted by atomic mass is 10.0. The molecule has 0 radical (unpaired) electrons. The molecule has 0 spiro atoms. The molecule has 0 aromatic heterocycles. The Labute approximate surface area is 215 Å². The summed E-state index contributed by atoms with van der Waals surface area (Å²) in [5, 5.41) is 16.5. The Bertz CT molecular complexity index is 1270. The normalized spacial score (nSPS) is 11.1. The van der Waals surface area contributed by atoms with Crippen LogP contribution in [-0.4, -0.2) is 22.7 Å². The van der Waals surface area contributed by atoms with E-state index in [0.717, 1.165) is 11.1 Å². The van der Waals surface area contributed by atoms with Gasteiger partial charge in [-0.25, -0.2) is 9.59 Å². The second kappa shape index (κ2) is 12.3. The number of amides is 2. The predicted octanol–water partition coefficient (Wildman–Crippen LogP) is 6.54. The molecule has 3 aromatic carbocycles. The Hall–Kier alpha value is -4.66. The fraction of sp³-hybridized carbons (Fsp3) is 0.214. The SMILES string of the molecule is CC(C)(C)OC(=O)NCc1cc([N+](=O)[O-])ccc1/C=C/c1ccc(NC(=O)OCc2ccccc2)cc1. The van der Waals surface area contributed by atoms with Gasteiger partial charge in [0, 0.05) is 24.4 Å². The highest BCUT2D eigenvalue weighted by Gasteiger charge is 2.17. The van der Waals surface area contributed by atoms with Gasteiger partial charge in [0.15, 0.2) is 0 Å². The van der Waals surface area contributed by atoms with Crippen LogP contribution < -0.4 is 10.6 Å². The Balaban J connectivity index is 1.63. The van der Waals surface area contributed by atoms with Crippen molar-refractivity contribution in [1.29, 1.82) is 0 Å². The van der Waals surface area contributed by atoms with Gasteiger partial charge in [-0.2, -0.15) is 0 Å². The quantitative estimate of drug-likeness (QED) is 0.205. The van der Waals surface area contributed by atoms with Crippen molar-refractivity contribution in [2.45, 2.75) is 39.5 Å². The van der Waals surface area contributed by atoms with Crippen molar-refractivity contribution in [3.05, 3.63) is 105 Å². The summed E-state index contributed by atoms with van der Waals surface area (Å²) in [6.45, 7) is 5.49. The van der Waals surface area contributed by atoms with Crippen LogP contribution in [-0.2, 0) is 22.6 Å².